The molecule has 214 valence electrons. The zero-order valence-corrected chi connectivity index (χ0v) is 24.0. The van der Waals surface area contributed by atoms with Crippen LogP contribution in [-0.4, -0.2) is 44.1 Å². The Hall–Kier alpha value is -4.46. The highest BCUT2D eigenvalue weighted by Gasteiger charge is 2.42. The molecule has 0 spiro atoms. The van der Waals surface area contributed by atoms with Crippen molar-refractivity contribution in [2.24, 2.45) is 5.41 Å². The Morgan fingerprint density at radius 1 is 1.05 bits per heavy atom. The Morgan fingerprint density at radius 3 is 2.54 bits per heavy atom. The topological polar surface area (TPSA) is 100 Å². The van der Waals surface area contributed by atoms with E-state index >= 15 is 0 Å². The van der Waals surface area contributed by atoms with E-state index < -0.39 is 6.04 Å². The second-order valence-electron chi connectivity index (χ2n) is 11.4. The molecule has 1 aliphatic heterocycles. The number of anilines is 2. The van der Waals surface area contributed by atoms with Gasteiger partial charge >= 0.3 is 0 Å². The summed E-state index contributed by atoms with van der Waals surface area (Å²) in [5, 5.41) is 16.2. The first kappa shape index (κ1) is 28.1. The first-order valence-corrected chi connectivity index (χ1v) is 13.8. The summed E-state index contributed by atoms with van der Waals surface area (Å²) in [4.78, 5) is 29.4. The van der Waals surface area contributed by atoms with Crippen LogP contribution in [0.1, 0.15) is 43.9 Å². The number of rotatable bonds is 8. The van der Waals surface area contributed by atoms with Crippen LogP contribution in [0.2, 0.25) is 0 Å². The van der Waals surface area contributed by atoms with Crippen molar-refractivity contribution in [1.29, 1.82) is 0 Å². The van der Waals surface area contributed by atoms with Crippen molar-refractivity contribution in [2.75, 3.05) is 37.5 Å². The van der Waals surface area contributed by atoms with E-state index in [9.17, 15) is 14.7 Å². The van der Waals surface area contributed by atoms with Crippen LogP contribution in [0.15, 0.2) is 78.0 Å². The number of hydrogen-bond acceptors (Lipinski definition) is 7. The number of ether oxygens (including phenoxy) is 2. The molecule has 1 aliphatic carbocycles. The third-order valence-electron chi connectivity index (χ3n) is 7.73. The van der Waals surface area contributed by atoms with Gasteiger partial charge in [0.25, 0.3) is 0 Å². The summed E-state index contributed by atoms with van der Waals surface area (Å²) in [5.41, 5.74) is 4.79. The number of aromatic hydroxyl groups is 1. The van der Waals surface area contributed by atoms with Gasteiger partial charge in [-0.25, -0.2) is 0 Å². The Labute approximate surface area is 241 Å². The number of nitrogens with zero attached hydrogens (tertiary/aromatic N) is 1. The van der Waals surface area contributed by atoms with Crippen molar-refractivity contribution in [1.82, 2.24) is 5.32 Å². The Bertz CT molecular complexity index is 1480. The lowest BCUT2D eigenvalue weighted by molar-refractivity contribution is -0.120. The molecule has 1 amide bonds. The normalized spacial score (nSPS) is 17.6. The quantitative estimate of drug-likeness (QED) is 0.343. The third kappa shape index (κ3) is 6.01. The number of phenolic OH excluding ortho intramolecular Hbond substituents is 1. The maximum atomic E-state index is 13.9. The van der Waals surface area contributed by atoms with Gasteiger partial charge in [-0.1, -0.05) is 38.1 Å². The molecular formula is C33H37N3O5. The predicted octanol–water partition coefficient (Wildman–Crippen LogP) is 5.38. The highest BCUT2D eigenvalue weighted by Crippen LogP contribution is 2.49. The second kappa shape index (κ2) is 11.6. The molecule has 0 saturated heterocycles. The number of carbonyl (C=O) groups is 2. The van der Waals surface area contributed by atoms with Crippen LogP contribution < -0.4 is 25.0 Å². The maximum Gasteiger partial charge on any atom is 0.239 e. The Kier molecular flexibility index (Phi) is 7.92. The van der Waals surface area contributed by atoms with Crippen molar-refractivity contribution in [3.05, 3.63) is 89.1 Å². The number of benzene rings is 3. The van der Waals surface area contributed by atoms with Crippen molar-refractivity contribution in [2.45, 2.75) is 39.2 Å². The molecule has 0 saturated carbocycles. The van der Waals surface area contributed by atoms with Crippen molar-refractivity contribution < 1.29 is 24.2 Å². The third-order valence-corrected chi connectivity index (χ3v) is 7.73. The fraction of sp³-hybridized carbons (Fsp3) is 0.333. The van der Waals surface area contributed by atoms with Gasteiger partial charge in [-0.05, 0) is 60.2 Å². The fourth-order valence-electron chi connectivity index (χ4n) is 5.81. The molecule has 2 aliphatic rings. The summed E-state index contributed by atoms with van der Waals surface area (Å²) < 4.78 is 11.3. The summed E-state index contributed by atoms with van der Waals surface area (Å²) in [5.74, 6) is 1.32. The van der Waals surface area contributed by atoms with E-state index in [0.29, 0.717) is 42.9 Å². The molecule has 41 heavy (non-hydrogen) atoms. The van der Waals surface area contributed by atoms with Crippen molar-refractivity contribution >= 4 is 23.1 Å². The molecule has 1 unspecified atom stereocenters. The molecular weight excluding hydrogens is 518 g/mol. The number of para-hydroxylation sites is 2. The minimum absolute atomic E-state index is 0.0293. The summed E-state index contributed by atoms with van der Waals surface area (Å²) in [6, 6.07) is 19.8. The predicted molar refractivity (Wildman–Crippen MR) is 160 cm³/mol. The number of ketones is 1. The minimum Gasteiger partial charge on any atom is -0.508 e. The van der Waals surface area contributed by atoms with E-state index in [4.69, 9.17) is 9.47 Å². The monoisotopic (exact) mass is 555 g/mol. The number of allylic oxidation sites excluding steroid dienone is 1. The van der Waals surface area contributed by atoms with Crippen LogP contribution in [0, 0.1) is 5.41 Å². The molecule has 3 aromatic rings. The molecule has 0 aromatic heterocycles. The van der Waals surface area contributed by atoms with E-state index in [0.717, 1.165) is 28.2 Å². The highest BCUT2D eigenvalue weighted by atomic mass is 16.5. The number of hydrogen-bond donors (Lipinski definition) is 3. The molecule has 1 heterocycles. The Morgan fingerprint density at radius 2 is 1.80 bits per heavy atom. The average molecular weight is 556 g/mol. The number of amides is 1. The summed E-state index contributed by atoms with van der Waals surface area (Å²) in [6.45, 7) is 4.68. The number of methoxy groups -OCH3 is 2. The standard InChI is InChI=1S/C33H37N3O5/c1-33(2)18-26-31(28(38)19-33)32(24-14-13-23(40-3)17-29(24)41-4)36(27-8-6-5-7-25(27)35-26)20-30(39)34-16-15-21-9-11-22(37)12-10-21/h5-14,17,32,35,37H,15-16,18-20H2,1-4H3,(H,34,39). The van der Waals surface area contributed by atoms with E-state index in [-0.39, 0.29) is 29.4 Å². The zero-order valence-electron chi connectivity index (χ0n) is 24.0. The lowest BCUT2D eigenvalue weighted by Gasteiger charge is -2.38. The minimum atomic E-state index is -0.562. The van der Waals surface area contributed by atoms with Gasteiger partial charge in [0, 0.05) is 35.9 Å². The van der Waals surface area contributed by atoms with Crippen LogP contribution in [0.3, 0.4) is 0 Å². The number of Topliss-reactive ketones (excluding diaryl/α,β-unsaturated/α-hetero) is 1. The smallest absolute Gasteiger partial charge is 0.239 e. The van der Waals surface area contributed by atoms with Crippen LogP contribution in [0.25, 0.3) is 0 Å². The molecule has 5 rings (SSSR count). The largest absolute Gasteiger partial charge is 0.508 e. The van der Waals surface area contributed by atoms with E-state index in [2.05, 4.69) is 24.5 Å². The molecule has 1 atom stereocenters. The molecule has 0 bridgehead atoms. The fourth-order valence-corrected chi connectivity index (χ4v) is 5.81. The van der Waals surface area contributed by atoms with Crippen LogP contribution in [0.4, 0.5) is 11.4 Å². The maximum absolute atomic E-state index is 13.9. The summed E-state index contributed by atoms with van der Waals surface area (Å²) >= 11 is 0. The van der Waals surface area contributed by atoms with Gasteiger partial charge in [0.05, 0.1) is 38.2 Å². The van der Waals surface area contributed by atoms with E-state index in [1.165, 1.54) is 0 Å². The van der Waals surface area contributed by atoms with E-state index in [1.54, 1.807) is 26.4 Å². The van der Waals surface area contributed by atoms with Gasteiger partial charge < -0.3 is 30.1 Å². The SMILES string of the molecule is COc1ccc(C2C3=C(CC(C)(C)CC3=O)Nc3ccccc3N2CC(=O)NCCc2ccc(O)cc2)c(OC)c1. The number of phenols is 1. The molecule has 3 N–H and O–H groups in total. The van der Waals surface area contributed by atoms with Crippen molar-refractivity contribution in [3.8, 4) is 17.2 Å². The average Bonchev–Trinajstić information content (AvgIpc) is 3.07. The van der Waals surface area contributed by atoms with Crippen LogP contribution in [0.5, 0.6) is 17.2 Å². The number of nitrogens with one attached hydrogen (secondary N) is 2. The molecule has 0 radical (unpaired) electrons. The molecule has 0 fully saturated rings. The second-order valence-corrected chi connectivity index (χ2v) is 11.4. The molecule has 8 nitrogen and oxygen atoms in total. The summed E-state index contributed by atoms with van der Waals surface area (Å²) in [6.07, 6.45) is 1.73. The molecule has 8 heteroatoms. The first-order chi connectivity index (χ1) is 19.7. The number of carbonyl (C=O) groups excluding carboxylic acids is 2. The lowest BCUT2D eigenvalue weighted by Crippen LogP contribution is -2.42. The van der Waals surface area contributed by atoms with Gasteiger partial charge in [-0.15, -0.1) is 0 Å². The summed E-state index contributed by atoms with van der Waals surface area (Å²) in [7, 11) is 3.20. The lowest BCUT2D eigenvalue weighted by atomic mass is 9.73. The van der Waals surface area contributed by atoms with Crippen LogP contribution >= 0.6 is 0 Å². The van der Waals surface area contributed by atoms with Gasteiger partial charge in [0.1, 0.15) is 17.2 Å². The van der Waals surface area contributed by atoms with Gasteiger partial charge in [0.15, 0.2) is 5.78 Å². The van der Waals surface area contributed by atoms with Gasteiger partial charge in [-0.3, -0.25) is 9.59 Å². The Balaban J connectivity index is 1.55. The highest BCUT2D eigenvalue weighted by molar-refractivity contribution is 6.02. The van der Waals surface area contributed by atoms with E-state index in [1.807, 2.05) is 59.5 Å². The number of fused-ring (bicyclic) bond motifs is 1. The van der Waals surface area contributed by atoms with Gasteiger partial charge in [0.2, 0.25) is 5.91 Å². The zero-order chi connectivity index (χ0) is 29.1. The van der Waals surface area contributed by atoms with Crippen molar-refractivity contribution in [3.63, 3.8) is 0 Å². The van der Waals surface area contributed by atoms with Gasteiger partial charge in [-0.2, -0.15) is 0 Å². The molecule has 3 aromatic carbocycles. The first-order valence-electron chi connectivity index (χ1n) is 13.8. The van der Waals surface area contributed by atoms with Crippen LogP contribution in [-0.2, 0) is 16.0 Å².